The van der Waals surface area contributed by atoms with Gasteiger partial charge in [-0.3, -0.25) is 4.79 Å². The van der Waals surface area contributed by atoms with Gasteiger partial charge in [0.05, 0.1) is 0 Å². The number of ether oxygens (including phenoxy) is 1. The lowest BCUT2D eigenvalue weighted by atomic mass is 9.87. The molecule has 17 heavy (non-hydrogen) atoms. The van der Waals surface area contributed by atoms with E-state index in [0.717, 1.165) is 5.56 Å². The van der Waals surface area contributed by atoms with E-state index in [2.05, 4.69) is 0 Å². The molecule has 4 heteroatoms. The Kier molecular flexibility index (Phi) is 4.54. The van der Waals surface area contributed by atoms with Crippen LogP contribution in [0.15, 0.2) is 24.3 Å². The molecule has 3 nitrogen and oxygen atoms in total. The normalized spacial score (nSPS) is 13.2. The van der Waals surface area contributed by atoms with Crippen molar-refractivity contribution in [3.8, 4) is 0 Å². The number of halogens is 1. The first-order valence-corrected chi connectivity index (χ1v) is 5.85. The van der Waals surface area contributed by atoms with E-state index in [1.54, 1.807) is 12.1 Å². The summed E-state index contributed by atoms with van der Waals surface area (Å²) in [5.41, 5.74) is 6.34. The van der Waals surface area contributed by atoms with Gasteiger partial charge in [0.25, 0.3) is 0 Å². The second-order valence-corrected chi connectivity index (χ2v) is 5.52. The molecule has 0 fully saturated rings. The molecule has 0 aromatic heterocycles. The van der Waals surface area contributed by atoms with Crippen molar-refractivity contribution < 1.29 is 9.53 Å². The zero-order valence-corrected chi connectivity index (χ0v) is 11.1. The average molecular weight is 256 g/mol. The fraction of sp³-hybridized carbons (Fsp3) is 0.462. The van der Waals surface area contributed by atoms with E-state index in [0.29, 0.717) is 5.02 Å². The first-order valence-electron chi connectivity index (χ1n) is 5.47. The molecule has 0 aliphatic carbocycles. The third-order valence-electron chi connectivity index (χ3n) is 2.46. The Bertz CT molecular complexity index is 399. The van der Waals surface area contributed by atoms with Crippen LogP contribution in [0.5, 0.6) is 0 Å². The van der Waals surface area contributed by atoms with Gasteiger partial charge in [0, 0.05) is 5.02 Å². The van der Waals surface area contributed by atoms with Crippen molar-refractivity contribution in [3.05, 3.63) is 34.9 Å². The average Bonchev–Trinajstić information content (AvgIpc) is 2.23. The Morgan fingerprint density at radius 2 is 2.12 bits per heavy atom. The van der Waals surface area contributed by atoms with E-state index in [4.69, 9.17) is 22.1 Å². The highest BCUT2D eigenvalue weighted by atomic mass is 35.5. The molecule has 0 unspecified atom stereocenters. The van der Waals surface area contributed by atoms with Crippen LogP contribution in [0.3, 0.4) is 0 Å². The Hall–Kier alpha value is -1.06. The minimum atomic E-state index is -0.623. The predicted octanol–water partition coefficient (Wildman–Crippen LogP) is 2.76. The number of benzene rings is 1. The molecule has 0 saturated carbocycles. The summed E-state index contributed by atoms with van der Waals surface area (Å²) in [6, 6.07) is 6.57. The van der Waals surface area contributed by atoms with Gasteiger partial charge in [0.2, 0.25) is 0 Å². The van der Waals surface area contributed by atoms with Crippen LogP contribution < -0.4 is 5.73 Å². The number of hydrogen-bond acceptors (Lipinski definition) is 3. The zero-order valence-electron chi connectivity index (χ0n) is 10.4. The van der Waals surface area contributed by atoms with Gasteiger partial charge in [0.15, 0.2) is 0 Å². The van der Waals surface area contributed by atoms with E-state index in [1.807, 2.05) is 32.9 Å². The monoisotopic (exact) mass is 255 g/mol. The Labute approximate surface area is 107 Å². The van der Waals surface area contributed by atoms with Gasteiger partial charge in [-0.05, 0) is 23.1 Å². The number of hydrogen-bond donors (Lipinski definition) is 1. The van der Waals surface area contributed by atoms with Gasteiger partial charge in [-0.15, -0.1) is 0 Å². The summed E-state index contributed by atoms with van der Waals surface area (Å²) in [6.45, 7) is 5.90. The van der Waals surface area contributed by atoms with Crippen LogP contribution in [-0.4, -0.2) is 12.0 Å². The molecule has 0 aliphatic heterocycles. The van der Waals surface area contributed by atoms with Crippen molar-refractivity contribution in [3.63, 3.8) is 0 Å². The van der Waals surface area contributed by atoms with Crippen molar-refractivity contribution in [2.45, 2.75) is 33.4 Å². The highest BCUT2D eigenvalue weighted by molar-refractivity contribution is 6.30. The second kappa shape index (κ2) is 5.52. The Morgan fingerprint density at radius 1 is 1.47 bits per heavy atom. The van der Waals surface area contributed by atoms with Crippen molar-refractivity contribution in [2.75, 3.05) is 0 Å². The summed E-state index contributed by atoms with van der Waals surface area (Å²) >= 11 is 5.83. The zero-order chi connectivity index (χ0) is 13.1. The van der Waals surface area contributed by atoms with Crippen molar-refractivity contribution in [2.24, 2.45) is 11.1 Å². The van der Waals surface area contributed by atoms with E-state index in [-0.39, 0.29) is 12.0 Å². The minimum absolute atomic E-state index is 0.198. The van der Waals surface area contributed by atoms with Crippen LogP contribution in [0.1, 0.15) is 26.3 Å². The lowest BCUT2D eigenvalue weighted by Gasteiger charge is -2.24. The van der Waals surface area contributed by atoms with Gasteiger partial charge >= 0.3 is 5.97 Å². The van der Waals surface area contributed by atoms with Crippen molar-refractivity contribution in [1.29, 1.82) is 0 Å². The molecule has 0 heterocycles. The predicted molar refractivity (Wildman–Crippen MR) is 68.7 cm³/mol. The third-order valence-corrected chi connectivity index (χ3v) is 2.69. The summed E-state index contributed by atoms with van der Waals surface area (Å²) in [4.78, 5) is 11.7. The van der Waals surface area contributed by atoms with Crippen molar-refractivity contribution in [1.82, 2.24) is 0 Å². The molecule has 0 radical (unpaired) electrons. The molecule has 0 bridgehead atoms. The molecule has 1 atom stereocenters. The highest BCUT2D eigenvalue weighted by Crippen LogP contribution is 2.19. The molecule has 0 spiro atoms. The van der Waals surface area contributed by atoms with Crippen LogP contribution in [0.4, 0.5) is 0 Å². The third kappa shape index (κ3) is 4.36. The van der Waals surface area contributed by atoms with Crippen LogP contribution in [0.25, 0.3) is 0 Å². The van der Waals surface area contributed by atoms with Crippen LogP contribution in [-0.2, 0) is 16.1 Å². The summed E-state index contributed by atoms with van der Waals surface area (Å²) in [5, 5.41) is 0.624. The molecule has 0 amide bonds. The van der Waals surface area contributed by atoms with Gasteiger partial charge in [0.1, 0.15) is 12.6 Å². The van der Waals surface area contributed by atoms with E-state index in [1.165, 1.54) is 0 Å². The first-order chi connectivity index (χ1) is 7.80. The number of nitrogens with two attached hydrogens (primary N) is 1. The van der Waals surface area contributed by atoms with Gasteiger partial charge in [-0.25, -0.2) is 0 Å². The number of carbonyl (C=O) groups is 1. The smallest absolute Gasteiger partial charge is 0.323 e. The maximum atomic E-state index is 11.7. The maximum Gasteiger partial charge on any atom is 0.323 e. The number of esters is 1. The lowest BCUT2D eigenvalue weighted by Crippen LogP contribution is -2.43. The number of carbonyl (C=O) groups excluding carboxylic acids is 1. The summed E-state index contributed by atoms with van der Waals surface area (Å²) in [6.07, 6.45) is 0. The van der Waals surface area contributed by atoms with Crippen LogP contribution in [0.2, 0.25) is 5.02 Å². The standard InChI is InChI=1S/C13H18ClNO2/c1-13(2,3)11(15)12(16)17-8-9-5-4-6-10(14)7-9/h4-7,11H,8,15H2,1-3H3/t11-/m0/s1. The molecule has 94 valence electrons. The van der Waals surface area contributed by atoms with Gasteiger partial charge in [-0.1, -0.05) is 44.5 Å². The maximum absolute atomic E-state index is 11.7. The molecule has 0 saturated heterocycles. The van der Waals surface area contributed by atoms with E-state index < -0.39 is 12.0 Å². The minimum Gasteiger partial charge on any atom is -0.460 e. The van der Waals surface area contributed by atoms with Crippen molar-refractivity contribution >= 4 is 17.6 Å². The molecule has 2 N–H and O–H groups in total. The molecule has 0 aliphatic rings. The molecule has 1 rings (SSSR count). The molecule has 1 aromatic carbocycles. The second-order valence-electron chi connectivity index (χ2n) is 5.08. The fourth-order valence-electron chi connectivity index (χ4n) is 1.22. The van der Waals surface area contributed by atoms with Crippen LogP contribution >= 0.6 is 11.6 Å². The topological polar surface area (TPSA) is 52.3 Å². The summed E-state index contributed by atoms with van der Waals surface area (Å²) < 4.78 is 5.15. The highest BCUT2D eigenvalue weighted by Gasteiger charge is 2.28. The van der Waals surface area contributed by atoms with Gasteiger partial charge in [-0.2, -0.15) is 0 Å². The Morgan fingerprint density at radius 3 is 2.65 bits per heavy atom. The number of rotatable bonds is 3. The first kappa shape index (κ1) is 14.0. The lowest BCUT2D eigenvalue weighted by molar-refractivity contribution is -0.149. The molecule has 1 aromatic rings. The van der Waals surface area contributed by atoms with E-state index in [9.17, 15) is 4.79 Å². The van der Waals surface area contributed by atoms with Gasteiger partial charge < -0.3 is 10.5 Å². The van der Waals surface area contributed by atoms with E-state index >= 15 is 0 Å². The largest absolute Gasteiger partial charge is 0.460 e. The SMILES string of the molecule is CC(C)(C)[C@@H](N)C(=O)OCc1cccc(Cl)c1. The molecular weight excluding hydrogens is 238 g/mol. The quantitative estimate of drug-likeness (QED) is 0.845. The fourth-order valence-corrected chi connectivity index (χ4v) is 1.44. The summed E-state index contributed by atoms with van der Waals surface area (Å²) in [5.74, 6) is -0.391. The van der Waals surface area contributed by atoms with Crippen LogP contribution in [0, 0.1) is 5.41 Å². The summed E-state index contributed by atoms with van der Waals surface area (Å²) in [7, 11) is 0. The Balaban J connectivity index is 2.54. The molecular formula is C13H18ClNO2.